The Hall–Kier alpha value is -1.39. The van der Waals surface area contributed by atoms with Gasteiger partial charge in [0.15, 0.2) is 0 Å². The maximum Gasteiger partial charge on any atom is 0.121 e. The number of nitrogens with one attached hydrogen (secondary N) is 1. The van der Waals surface area contributed by atoms with Gasteiger partial charge in [-0.1, -0.05) is 12.1 Å². The second kappa shape index (κ2) is 4.47. The van der Waals surface area contributed by atoms with Crippen LogP contribution in [-0.2, 0) is 6.54 Å². The minimum absolute atomic E-state index is 0.615. The second-order valence-corrected chi connectivity index (χ2v) is 5.19. The zero-order valence-electron chi connectivity index (χ0n) is 10.6. The minimum atomic E-state index is -0.680. The van der Waals surface area contributed by atoms with Crippen molar-refractivity contribution >= 4 is 11.0 Å². The van der Waals surface area contributed by atoms with E-state index in [0.717, 1.165) is 16.9 Å². The van der Waals surface area contributed by atoms with Gasteiger partial charge in [0, 0.05) is 6.54 Å². The zero-order valence-corrected chi connectivity index (χ0v) is 10.6. The molecular formula is C13H19N3O. The first-order valence-corrected chi connectivity index (χ1v) is 5.78. The van der Waals surface area contributed by atoms with Crippen molar-refractivity contribution in [3.05, 3.63) is 30.1 Å². The Balaban J connectivity index is 2.08. The number of H-pyrrole nitrogens is 1. The van der Waals surface area contributed by atoms with Gasteiger partial charge in [0.1, 0.15) is 5.82 Å². The third-order valence-corrected chi connectivity index (χ3v) is 2.51. The van der Waals surface area contributed by atoms with Gasteiger partial charge in [-0.3, -0.25) is 4.90 Å². The molecule has 0 spiro atoms. The van der Waals surface area contributed by atoms with Gasteiger partial charge in [0.05, 0.1) is 23.2 Å². The van der Waals surface area contributed by atoms with Gasteiger partial charge in [0.2, 0.25) is 0 Å². The van der Waals surface area contributed by atoms with E-state index in [2.05, 4.69) is 14.9 Å². The third-order valence-electron chi connectivity index (χ3n) is 2.51. The second-order valence-electron chi connectivity index (χ2n) is 5.19. The minimum Gasteiger partial charge on any atom is -0.389 e. The van der Waals surface area contributed by atoms with Crippen molar-refractivity contribution in [2.24, 2.45) is 0 Å². The first-order valence-electron chi connectivity index (χ1n) is 5.78. The van der Waals surface area contributed by atoms with E-state index < -0.39 is 5.60 Å². The summed E-state index contributed by atoms with van der Waals surface area (Å²) in [5.74, 6) is 0.929. The summed E-state index contributed by atoms with van der Waals surface area (Å²) in [6, 6.07) is 7.98. The predicted molar refractivity (Wildman–Crippen MR) is 68.7 cm³/mol. The van der Waals surface area contributed by atoms with Gasteiger partial charge >= 0.3 is 0 Å². The summed E-state index contributed by atoms with van der Waals surface area (Å²) in [6.45, 7) is 4.94. The summed E-state index contributed by atoms with van der Waals surface area (Å²) in [5.41, 5.74) is 1.36. The number of likely N-dealkylation sites (N-methyl/N-ethyl adjacent to an activating group) is 1. The van der Waals surface area contributed by atoms with Crippen LogP contribution in [0.25, 0.3) is 11.0 Å². The normalized spacial score (nSPS) is 12.5. The van der Waals surface area contributed by atoms with E-state index in [1.165, 1.54) is 0 Å². The number of imidazole rings is 1. The van der Waals surface area contributed by atoms with Gasteiger partial charge < -0.3 is 10.1 Å². The Morgan fingerprint density at radius 2 is 2.06 bits per heavy atom. The molecule has 0 aliphatic rings. The molecule has 2 N–H and O–H groups in total. The predicted octanol–water partition coefficient (Wildman–Crippen LogP) is 1.77. The van der Waals surface area contributed by atoms with Crippen LogP contribution in [0.4, 0.5) is 0 Å². The maximum absolute atomic E-state index is 9.73. The Morgan fingerprint density at radius 1 is 1.35 bits per heavy atom. The quantitative estimate of drug-likeness (QED) is 0.846. The number of hydrogen-bond donors (Lipinski definition) is 2. The lowest BCUT2D eigenvalue weighted by Crippen LogP contribution is -2.36. The van der Waals surface area contributed by atoms with Crippen LogP contribution in [0.5, 0.6) is 0 Å². The molecule has 1 heterocycles. The van der Waals surface area contributed by atoms with E-state index in [1.54, 1.807) is 0 Å². The first-order chi connectivity index (χ1) is 7.94. The van der Waals surface area contributed by atoms with Crippen LogP contribution in [0.1, 0.15) is 19.7 Å². The van der Waals surface area contributed by atoms with Crippen LogP contribution < -0.4 is 0 Å². The number of aromatic amines is 1. The molecule has 17 heavy (non-hydrogen) atoms. The van der Waals surface area contributed by atoms with Crippen LogP contribution in [0.15, 0.2) is 24.3 Å². The number of para-hydroxylation sites is 2. The molecule has 0 aliphatic heterocycles. The monoisotopic (exact) mass is 233 g/mol. The summed E-state index contributed by atoms with van der Waals surface area (Å²) in [4.78, 5) is 9.83. The fourth-order valence-electron chi connectivity index (χ4n) is 2.05. The summed E-state index contributed by atoms with van der Waals surface area (Å²) >= 11 is 0. The highest BCUT2D eigenvalue weighted by Crippen LogP contribution is 2.12. The Kier molecular flexibility index (Phi) is 3.17. The molecule has 4 heteroatoms. The highest BCUT2D eigenvalue weighted by molar-refractivity contribution is 5.74. The van der Waals surface area contributed by atoms with Crippen LogP contribution >= 0.6 is 0 Å². The highest BCUT2D eigenvalue weighted by Gasteiger charge is 2.16. The van der Waals surface area contributed by atoms with E-state index in [9.17, 15) is 5.11 Å². The lowest BCUT2D eigenvalue weighted by Gasteiger charge is -2.24. The molecule has 0 amide bonds. The lowest BCUT2D eigenvalue weighted by atomic mass is 10.1. The SMILES string of the molecule is CN(Cc1nc2ccccc2[nH]1)CC(C)(C)O. The van der Waals surface area contributed by atoms with E-state index in [-0.39, 0.29) is 0 Å². The molecule has 92 valence electrons. The Labute approximate surface area is 101 Å². The van der Waals surface area contributed by atoms with Crippen LogP contribution in [0, 0.1) is 0 Å². The van der Waals surface area contributed by atoms with E-state index in [1.807, 2.05) is 45.2 Å². The third kappa shape index (κ3) is 3.28. The number of hydrogen-bond acceptors (Lipinski definition) is 3. The average Bonchev–Trinajstić information content (AvgIpc) is 2.55. The number of aromatic nitrogens is 2. The average molecular weight is 233 g/mol. The maximum atomic E-state index is 9.73. The summed E-state index contributed by atoms with van der Waals surface area (Å²) in [5, 5.41) is 9.73. The van der Waals surface area contributed by atoms with Gasteiger partial charge in [-0.15, -0.1) is 0 Å². The topological polar surface area (TPSA) is 52.2 Å². The van der Waals surface area contributed by atoms with Gasteiger partial charge in [-0.25, -0.2) is 4.98 Å². The smallest absolute Gasteiger partial charge is 0.121 e. The number of fused-ring (bicyclic) bond motifs is 1. The molecule has 0 radical (unpaired) electrons. The molecule has 0 bridgehead atoms. The largest absolute Gasteiger partial charge is 0.389 e. The molecule has 2 rings (SSSR count). The standard InChI is InChI=1S/C13H19N3O/c1-13(2,17)9-16(3)8-12-14-10-6-4-5-7-11(10)15-12/h4-7,17H,8-9H2,1-3H3,(H,14,15). The number of rotatable bonds is 4. The van der Waals surface area contributed by atoms with Gasteiger partial charge in [-0.2, -0.15) is 0 Å². The van der Waals surface area contributed by atoms with E-state index in [4.69, 9.17) is 0 Å². The van der Waals surface area contributed by atoms with Crippen molar-refractivity contribution in [3.8, 4) is 0 Å². The van der Waals surface area contributed by atoms with Gasteiger partial charge in [0.25, 0.3) is 0 Å². The molecule has 2 aromatic rings. The summed E-state index contributed by atoms with van der Waals surface area (Å²) in [6.07, 6.45) is 0. The lowest BCUT2D eigenvalue weighted by molar-refractivity contribution is 0.0419. The highest BCUT2D eigenvalue weighted by atomic mass is 16.3. The van der Waals surface area contributed by atoms with Crippen molar-refractivity contribution in [3.63, 3.8) is 0 Å². The molecule has 0 saturated carbocycles. The molecule has 4 nitrogen and oxygen atoms in total. The molecule has 1 aromatic carbocycles. The molecule has 0 atom stereocenters. The van der Waals surface area contributed by atoms with Crippen LogP contribution in [-0.4, -0.2) is 39.2 Å². The first kappa shape index (κ1) is 12.1. The zero-order chi connectivity index (χ0) is 12.5. The van der Waals surface area contributed by atoms with E-state index >= 15 is 0 Å². The summed E-state index contributed by atoms with van der Waals surface area (Å²) < 4.78 is 0. The molecule has 0 fully saturated rings. The number of nitrogens with zero attached hydrogens (tertiary/aromatic N) is 2. The Morgan fingerprint density at radius 3 is 2.71 bits per heavy atom. The van der Waals surface area contributed by atoms with Crippen molar-refractivity contribution in [2.45, 2.75) is 26.0 Å². The van der Waals surface area contributed by atoms with E-state index in [0.29, 0.717) is 13.1 Å². The van der Waals surface area contributed by atoms with Crippen molar-refractivity contribution in [1.29, 1.82) is 0 Å². The van der Waals surface area contributed by atoms with Crippen molar-refractivity contribution < 1.29 is 5.11 Å². The fourth-order valence-corrected chi connectivity index (χ4v) is 2.05. The molecule has 0 unspecified atom stereocenters. The van der Waals surface area contributed by atoms with Crippen molar-refractivity contribution in [2.75, 3.05) is 13.6 Å². The number of aliphatic hydroxyl groups is 1. The molecule has 0 aliphatic carbocycles. The van der Waals surface area contributed by atoms with Crippen LogP contribution in [0.3, 0.4) is 0 Å². The number of benzene rings is 1. The van der Waals surface area contributed by atoms with Gasteiger partial charge in [-0.05, 0) is 33.0 Å². The van der Waals surface area contributed by atoms with Crippen LogP contribution in [0.2, 0.25) is 0 Å². The fraction of sp³-hybridized carbons (Fsp3) is 0.462. The molecule has 0 saturated heterocycles. The van der Waals surface area contributed by atoms with Crippen molar-refractivity contribution in [1.82, 2.24) is 14.9 Å². The Bertz CT molecular complexity index is 466. The summed E-state index contributed by atoms with van der Waals surface area (Å²) in [7, 11) is 1.98. The molecular weight excluding hydrogens is 214 g/mol. The molecule has 1 aromatic heterocycles.